The van der Waals surface area contributed by atoms with Crippen LogP contribution in [-0.4, -0.2) is 22.6 Å². The van der Waals surface area contributed by atoms with Crippen LogP contribution in [0.5, 0.6) is 0 Å². The molecule has 2 rings (SSSR count). The zero-order valence-electron chi connectivity index (χ0n) is 12.3. The van der Waals surface area contributed by atoms with Gasteiger partial charge in [-0.3, -0.25) is 9.59 Å². The third kappa shape index (κ3) is 2.54. The third-order valence-electron chi connectivity index (χ3n) is 3.47. The molecule has 0 atom stereocenters. The van der Waals surface area contributed by atoms with Crippen molar-refractivity contribution in [1.29, 1.82) is 0 Å². The Kier molecular flexibility index (Phi) is 4.12. The van der Waals surface area contributed by atoms with Crippen molar-refractivity contribution in [1.82, 2.24) is 9.55 Å². The highest BCUT2D eigenvalue weighted by Crippen LogP contribution is 2.27. The summed E-state index contributed by atoms with van der Waals surface area (Å²) in [5.41, 5.74) is 2.08. The van der Waals surface area contributed by atoms with E-state index >= 15 is 0 Å². The van der Waals surface area contributed by atoms with Crippen LogP contribution in [0.3, 0.4) is 0 Å². The smallest absolute Gasteiger partial charge is 0.316 e. The molecule has 1 N–H and O–H groups in total. The molecule has 0 radical (unpaired) electrons. The van der Waals surface area contributed by atoms with Gasteiger partial charge in [-0.25, -0.2) is 0 Å². The predicted molar refractivity (Wildman–Crippen MR) is 87.2 cm³/mol. The molecule has 1 aromatic heterocycles. The second-order valence-electron chi connectivity index (χ2n) is 4.93. The van der Waals surface area contributed by atoms with Crippen molar-refractivity contribution in [2.45, 2.75) is 6.92 Å². The molecule has 5 heteroatoms. The molecule has 0 saturated heterocycles. The maximum atomic E-state index is 11.8. The monoisotopic (exact) mass is 285 g/mol. The van der Waals surface area contributed by atoms with Crippen LogP contribution in [0, 0.1) is 6.92 Å². The van der Waals surface area contributed by atoms with Gasteiger partial charge >= 0.3 is 11.1 Å². The average Bonchev–Trinajstić information content (AvgIpc) is 2.45. The van der Waals surface area contributed by atoms with Crippen LogP contribution in [0.15, 0.2) is 47.0 Å². The summed E-state index contributed by atoms with van der Waals surface area (Å²) in [6.07, 6.45) is 3.59. The van der Waals surface area contributed by atoms with E-state index in [1.807, 2.05) is 19.1 Å². The molecule has 0 spiro atoms. The molecule has 0 aliphatic heterocycles. The molecule has 5 nitrogen and oxygen atoms in total. The van der Waals surface area contributed by atoms with Crippen molar-refractivity contribution in [2.75, 3.05) is 18.0 Å². The zero-order chi connectivity index (χ0) is 15.6. The van der Waals surface area contributed by atoms with Crippen LogP contribution in [-0.2, 0) is 7.05 Å². The van der Waals surface area contributed by atoms with E-state index in [0.717, 1.165) is 11.3 Å². The number of rotatable bonds is 5. The molecule has 2 aromatic rings. The van der Waals surface area contributed by atoms with E-state index in [2.05, 4.69) is 23.0 Å². The van der Waals surface area contributed by atoms with Crippen molar-refractivity contribution in [3.05, 3.63) is 63.7 Å². The Bertz CT molecular complexity index is 805. The van der Waals surface area contributed by atoms with Gasteiger partial charge in [-0.2, -0.15) is 0 Å². The summed E-state index contributed by atoms with van der Waals surface area (Å²) in [5, 5.41) is 0. The van der Waals surface area contributed by atoms with Gasteiger partial charge in [0.1, 0.15) is 0 Å². The molecular weight excluding hydrogens is 266 g/mol. The number of anilines is 1. The number of hydrogen-bond acceptors (Lipinski definition) is 3. The summed E-state index contributed by atoms with van der Waals surface area (Å²) >= 11 is 0. The summed E-state index contributed by atoms with van der Waals surface area (Å²) in [6, 6.07) is 3.78. The fourth-order valence-corrected chi connectivity index (χ4v) is 2.49. The first-order chi connectivity index (χ1) is 10.0. The average molecular weight is 285 g/mol. The Morgan fingerprint density at radius 1 is 1.24 bits per heavy atom. The summed E-state index contributed by atoms with van der Waals surface area (Å²) in [6.45, 7) is 10.7. The number of hydrogen-bond donors (Lipinski definition) is 1. The minimum absolute atomic E-state index is 0.559. The molecule has 0 bridgehead atoms. The Morgan fingerprint density at radius 3 is 2.43 bits per heavy atom. The summed E-state index contributed by atoms with van der Waals surface area (Å²) in [5.74, 6) is 0. The molecular formula is C16H19N3O2. The van der Waals surface area contributed by atoms with E-state index < -0.39 is 11.1 Å². The number of aromatic amines is 1. The van der Waals surface area contributed by atoms with Crippen LogP contribution in [0.25, 0.3) is 11.0 Å². The molecule has 0 amide bonds. The first-order valence-corrected chi connectivity index (χ1v) is 6.70. The normalized spacial score (nSPS) is 10.6. The summed E-state index contributed by atoms with van der Waals surface area (Å²) in [4.78, 5) is 28.3. The molecule has 1 aromatic carbocycles. The lowest BCUT2D eigenvalue weighted by Gasteiger charge is -2.25. The quantitative estimate of drug-likeness (QED) is 0.672. The highest BCUT2D eigenvalue weighted by Gasteiger charge is 2.14. The molecule has 1 heterocycles. The van der Waals surface area contributed by atoms with Gasteiger partial charge in [-0.15, -0.1) is 13.2 Å². The van der Waals surface area contributed by atoms with E-state index in [1.54, 1.807) is 19.2 Å². The van der Waals surface area contributed by atoms with Gasteiger partial charge in [-0.05, 0) is 18.6 Å². The van der Waals surface area contributed by atoms with Crippen LogP contribution in [0.2, 0.25) is 0 Å². The number of nitrogens with one attached hydrogen (secondary N) is 1. The molecule has 0 saturated carbocycles. The molecule has 110 valence electrons. The molecule has 0 fully saturated rings. The van der Waals surface area contributed by atoms with Crippen molar-refractivity contribution in [3.63, 3.8) is 0 Å². The minimum atomic E-state index is -0.617. The maximum Gasteiger partial charge on any atom is 0.316 e. The number of fused-ring (bicyclic) bond motifs is 1. The van der Waals surface area contributed by atoms with Crippen LogP contribution < -0.4 is 16.0 Å². The van der Waals surface area contributed by atoms with E-state index in [9.17, 15) is 9.59 Å². The highest BCUT2D eigenvalue weighted by molar-refractivity contribution is 5.90. The second kappa shape index (κ2) is 5.83. The highest BCUT2D eigenvalue weighted by atomic mass is 16.2. The summed E-state index contributed by atoms with van der Waals surface area (Å²) in [7, 11) is 1.60. The van der Waals surface area contributed by atoms with Crippen molar-refractivity contribution in [2.24, 2.45) is 7.05 Å². The Hall–Kier alpha value is -2.56. The second-order valence-corrected chi connectivity index (χ2v) is 4.93. The van der Waals surface area contributed by atoms with Gasteiger partial charge in [-0.1, -0.05) is 18.2 Å². The lowest BCUT2D eigenvalue weighted by molar-refractivity contribution is 0.869. The first kappa shape index (κ1) is 14.8. The lowest BCUT2D eigenvalue weighted by atomic mass is 10.1. The van der Waals surface area contributed by atoms with Gasteiger partial charge < -0.3 is 14.5 Å². The van der Waals surface area contributed by atoms with Gasteiger partial charge in [0.05, 0.1) is 16.7 Å². The SMILES string of the molecule is C=CCN(CC=C)c1c(C)ccc2c1[nH]c(=O)c(=O)n2C. The van der Waals surface area contributed by atoms with Crippen molar-refractivity contribution < 1.29 is 0 Å². The fourth-order valence-electron chi connectivity index (χ4n) is 2.49. The Morgan fingerprint density at radius 2 is 1.86 bits per heavy atom. The molecule has 0 aliphatic carbocycles. The van der Waals surface area contributed by atoms with Crippen LogP contribution in [0.1, 0.15) is 5.56 Å². The van der Waals surface area contributed by atoms with E-state index in [-0.39, 0.29) is 0 Å². The zero-order valence-corrected chi connectivity index (χ0v) is 12.3. The number of nitrogens with zero attached hydrogens (tertiary/aromatic N) is 2. The van der Waals surface area contributed by atoms with Crippen LogP contribution in [0.4, 0.5) is 5.69 Å². The van der Waals surface area contributed by atoms with Gasteiger partial charge in [0, 0.05) is 20.1 Å². The number of benzene rings is 1. The standard InChI is InChI=1S/C16H19N3O2/c1-5-9-19(10-6-2)14-11(3)7-8-12-13(14)17-15(20)16(21)18(12)4/h5-8H,1-2,9-10H2,3-4H3,(H,17,20). The lowest BCUT2D eigenvalue weighted by Crippen LogP contribution is -2.35. The first-order valence-electron chi connectivity index (χ1n) is 6.70. The predicted octanol–water partition coefficient (Wildman–Crippen LogP) is 1.71. The molecule has 0 unspecified atom stereocenters. The van der Waals surface area contributed by atoms with Gasteiger partial charge in [0.15, 0.2) is 0 Å². The van der Waals surface area contributed by atoms with E-state index in [0.29, 0.717) is 24.1 Å². The van der Waals surface area contributed by atoms with E-state index in [1.165, 1.54) is 4.57 Å². The largest absolute Gasteiger partial charge is 0.362 e. The van der Waals surface area contributed by atoms with Gasteiger partial charge in [0.2, 0.25) is 0 Å². The van der Waals surface area contributed by atoms with Gasteiger partial charge in [0.25, 0.3) is 0 Å². The maximum absolute atomic E-state index is 11.8. The molecule has 0 aliphatic rings. The Labute approximate surface area is 122 Å². The minimum Gasteiger partial charge on any atom is -0.362 e. The topological polar surface area (TPSA) is 58.1 Å². The van der Waals surface area contributed by atoms with E-state index in [4.69, 9.17) is 0 Å². The number of aromatic nitrogens is 2. The van der Waals surface area contributed by atoms with Crippen molar-refractivity contribution in [3.8, 4) is 0 Å². The number of aryl methyl sites for hydroxylation is 2. The van der Waals surface area contributed by atoms with Crippen molar-refractivity contribution >= 4 is 16.7 Å². The fraction of sp³-hybridized carbons (Fsp3) is 0.250. The Balaban J connectivity index is 2.86. The number of H-pyrrole nitrogens is 1. The third-order valence-corrected chi connectivity index (χ3v) is 3.47. The van der Waals surface area contributed by atoms with Crippen LogP contribution >= 0.6 is 0 Å². The molecule has 21 heavy (non-hydrogen) atoms. The summed E-state index contributed by atoms with van der Waals surface area (Å²) < 4.78 is 1.37.